The van der Waals surface area contributed by atoms with Crippen LogP contribution >= 0.6 is 0 Å². The van der Waals surface area contributed by atoms with Crippen molar-refractivity contribution in [2.24, 2.45) is 0 Å². The molecule has 0 spiro atoms. The number of carbonyl (C=O) groups excluding carboxylic acids is 2. The summed E-state index contributed by atoms with van der Waals surface area (Å²) in [6.45, 7) is 3.62. The van der Waals surface area contributed by atoms with Crippen LogP contribution in [0.2, 0.25) is 0 Å². The molecule has 1 heterocycles. The van der Waals surface area contributed by atoms with Crippen molar-refractivity contribution in [2.75, 3.05) is 0 Å². The molecule has 2 rings (SSSR count). The fourth-order valence-electron chi connectivity index (χ4n) is 2.04. The Morgan fingerprint density at radius 3 is 2.57 bits per heavy atom. The van der Waals surface area contributed by atoms with Crippen LogP contribution in [-0.2, 0) is 22.6 Å². The fourth-order valence-corrected chi connectivity index (χ4v) is 2.04. The van der Waals surface area contributed by atoms with Gasteiger partial charge in [-0.1, -0.05) is 12.1 Å². The molecule has 1 amide bonds. The summed E-state index contributed by atoms with van der Waals surface area (Å²) in [5.74, 6) is 1.28. The van der Waals surface area contributed by atoms with Crippen LogP contribution in [0.15, 0.2) is 47.1 Å². The van der Waals surface area contributed by atoms with Gasteiger partial charge in [0.05, 0.1) is 12.8 Å². The number of hydrogen-bond donors (Lipinski definition) is 1. The third-order valence-electron chi connectivity index (χ3n) is 3.39. The van der Waals surface area contributed by atoms with Crippen molar-refractivity contribution in [1.82, 2.24) is 5.32 Å². The van der Waals surface area contributed by atoms with Gasteiger partial charge in [-0.15, -0.1) is 0 Å². The van der Waals surface area contributed by atoms with Crippen LogP contribution in [0.5, 0.6) is 5.75 Å². The molecule has 0 saturated heterocycles. The number of rotatable bonds is 8. The highest BCUT2D eigenvalue weighted by molar-refractivity contribution is 5.80. The maximum absolute atomic E-state index is 12.0. The van der Waals surface area contributed by atoms with Crippen molar-refractivity contribution in [1.29, 1.82) is 0 Å². The van der Waals surface area contributed by atoms with E-state index in [0.717, 1.165) is 12.0 Å². The van der Waals surface area contributed by atoms with E-state index in [1.165, 1.54) is 0 Å². The predicted octanol–water partition coefficient (Wildman–Crippen LogP) is 2.88. The van der Waals surface area contributed by atoms with Gasteiger partial charge in [0.15, 0.2) is 6.10 Å². The zero-order valence-electron chi connectivity index (χ0n) is 13.4. The summed E-state index contributed by atoms with van der Waals surface area (Å²) < 4.78 is 10.8. The Morgan fingerprint density at radius 2 is 1.96 bits per heavy atom. The average Bonchev–Trinajstić information content (AvgIpc) is 3.05. The molecule has 1 aromatic heterocycles. The van der Waals surface area contributed by atoms with Crippen LogP contribution in [0.25, 0.3) is 0 Å². The first-order chi connectivity index (χ1) is 11.0. The number of aryl methyl sites for hydroxylation is 1. The summed E-state index contributed by atoms with van der Waals surface area (Å²) in [4.78, 5) is 22.9. The monoisotopic (exact) mass is 315 g/mol. The summed E-state index contributed by atoms with van der Waals surface area (Å²) in [6, 6.07) is 11.0. The van der Waals surface area contributed by atoms with Gasteiger partial charge in [-0.3, -0.25) is 4.79 Å². The summed E-state index contributed by atoms with van der Waals surface area (Å²) in [7, 11) is 0. The first-order valence-corrected chi connectivity index (χ1v) is 7.59. The molecule has 2 aromatic rings. The Hall–Kier alpha value is -2.56. The van der Waals surface area contributed by atoms with Gasteiger partial charge >= 0.3 is 0 Å². The van der Waals surface area contributed by atoms with Gasteiger partial charge in [0.1, 0.15) is 17.3 Å². The Balaban J connectivity index is 1.80. The summed E-state index contributed by atoms with van der Waals surface area (Å²) in [5.41, 5.74) is 1.07. The predicted molar refractivity (Wildman–Crippen MR) is 86.1 cm³/mol. The third-order valence-corrected chi connectivity index (χ3v) is 3.39. The molecule has 0 fully saturated rings. The van der Waals surface area contributed by atoms with Crippen LogP contribution in [0.4, 0.5) is 0 Å². The van der Waals surface area contributed by atoms with E-state index in [0.29, 0.717) is 24.5 Å². The normalized spacial score (nSPS) is 11.7. The van der Waals surface area contributed by atoms with E-state index in [-0.39, 0.29) is 11.7 Å². The minimum absolute atomic E-state index is 0.173. The molecule has 5 nitrogen and oxygen atoms in total. The number of ether oxygens (including phenoxy) is 1. The van der Waals surface area contributed by atoms with Gasteiger partial charge in [-0.25, -0.2) is 0 Å². The number of nitrogens with one attached hydrogen (secondary N) is 1. The highest BCUT2D eigenvalue weighted by Crippen LogP contribution is 2.15. The number of carbonyl (C=O) groups is 2. The van der Waals surface area contributed by atoms with Gasteiger partial charge in [-0.05, 0) is 50.1 Å². The van der Waals surface area contributed by atoms with Crippen molar-refractivity contribution < 1.29 is 18.7 Å². The largest absolute Gasteiger partial charge is 0.481 e. The Bertz CT molecular complexity index is 632. The number of furan rings is 1. The highest BCUT2D eigenvalue weighted by atomic mass is 16.5. The summed E-state index contributed by atoms with van der Waals surface area (Å²) in [5, 5.41) is 2.75. The molecule has 0 bridgehead atoms. The Morgan fingerprint density at radius 1 is 1.22 bits per heavy atom. The van der Waals surface area contributed by atoms with Crippen LogP contribution in [0, 0.1) is 0 Å². The quantitative estimate of drug-likeness (QED) is 0.813. The maximum atomic E-state index is 12.0. The highest BCUT2D eigenvalue weighted by Gasteiger charge is 2.14. The lowest BCUT2D eigenvalue weighted by atomic mass is 10.1. The average molecular weight is 315 g/mol. The van der Waals surface area contributed by atoms with Gasteiger partial charge in [-0.2, -0.15) is 0 Å². The molecular formula is C18H21NO4. The van der Waals surface area contributed by atoms with Crippen molar-refractivity contribution >= 4 is 11.7 Å². The molecule has 5 heteroatoms. The first-order valence-electron chi connectivity index (χ1n) is 7.59. The minimum Gasteiger partial charge on any atom is -0.481 e. The zero-order valence-corrected chi connectivity index (χ0v) is 13.4. The standard InChI is InChI=1S/C18H21NO4/c1-13(20)5-6-15-7-9-16(10-8-15)23-14(2)18(21)19-12-17-4-3-11-22-17/h3-4,7-11,14H,5-6,12H2,1-2H3,(H,19,21). The molecule has 1 unspecified atom stereocenters. The van der Waals surface area contributed by atoms with E-state index in [4.69, 9.17) is 9.15 Å². The maximum Gasteiger partial charge on any atom is 0.261 e. The van der Waals surface area contributed by atoms with Crippen LogP contribution in [-0.4, -0.2) is 17.8 Å². The first kappa shape index (κ1) is 16.8. The van der Waals surface area contributed by atoms with E-state index in [2.05, 4.69) is 5.32 Å². The SMILES string of the molecule is CC(=O)CCc1ccc(OC(C)C(=O)NCc2ccco2)cc1. The molecule has 23 heavy (non-hydrogen) atoms. The molecule has 1 N–H and O–H groups in total. The van der Waals surface area contributed by atoms with E-state index in [9.17, 15) is 9.59 Å². The second kappa shape index (κ2) is 8.17. The molecular weight excluding hydrogens is 294 g/mol. The smallest absolute Gasteiger partial charge is 0.261 e. The summed E-state index contributed by atoms with van der Waals surface area (Å²) in [6.07, 6.45) is 2.21. The lowest BCUT2D eigenvalue weighted by molar-refractivity contribution is -0.127. The number of hydrogen-bond acceptors (Lipinski definition) is 4. The minimum atomic E-state index is -0.604. The van der Waals surface area contributed by atoms with E-state index in [1.807, 2.05) is 24.3 Å². The van der Waals surface area contributed by atoms with Crippen LogP contribution in [0.1, 0.15) is 31.6 Å². The lowest BCUT2D eigenvalue weighted by Gasteiger charge is -2.14. The van der Waals surface area contributed by atoms with Gasteiger partial charge in [0.2, 0.25) is 0 Å². The Kier molecular flexibility index (Phi) is 5.97. The second-order valence-corrected chi connectivity index (χ2v) is 5.40. The van der Waals surface area contributed by atoms with Crippen LogP contribution < -0.4 is 10.1 Å². The molecule has 0 saturated carbocycles. The number of benzene rings is 1. The second-order valence-electron chi connectivity index (χ2n) is 5.40. The molecule has 0 radical (unpaired) electrons. The topological polar surface area (TPSA) is 68.5 Å². The van der Waals surface area contributed by atoms with Crippen LogP contribution in [0.3, 0.4) is 0 Å². The van der Waals surface area contributed by atoms with E-state index >= 15 is 0 Å². The zero-order chi connectivity index (χ0) is 16.7. The molecule has 1 aromatic carbocycles. The van der Waals surface area contributed by atoms with Gasteiger partial charge < -0.3 is 19.3 Å². The molecule has 122 valence electrons. The van der Waals surface area contributed by atoms with Crippen molar-refractivity contribution in [3.63, 3.8) is 0 Å². The Labute approximate surface area is 135 Å². The lowest BCUT2D eigenvalue weighted by Crippen LogP contribution is -2.35. The third kappa shape index (κ3) is 5.62. The number of amides is 1. The van der Waals surface area contributed by atoms with Crippen molar-refractivity contribution in [3.8, 4) is 5.75 Å². The fraction of sp³-hybridized carbons (Fsp3) is 0.333. The molecule has 0 aliphatic rings. The summed E-state index contributed by atoms with van der Waals surface area (Å²) >= 11 is 0. The van der Waals surface area contributed by atoms with Gasteiger partial charge in [0, 0.05) is 6.42 Å². The molecule has 1 atom stereocenters. The van der Waals surface area contributed by atoms with Gasteiger partial charge in [0.25, 0.3) is 5.91 Å². The molecule has 0 aliphatic carbocycles. The van der Waals surface area contributed by atoms with E-state index in [1.54, 1.807) is 32.2 Å². The van der Waals surface area contributed by atoms with Crippen molar-refractivity contribution in [3.05, 3.63) is 54.0 Å². The van der Waals surface area contributed by atoms with E-state index < -0.39 is 6.10 Å². The van der Waals surface area contributed by atoms with Crippen molar-refractivity contribution in [2.45, 2.75) is 39.3 Å². The number of Topliss-reactive ketones (excluding diaryl/α,β-unsaturated/α-hetero) is 1. The number of ketones is 1. The molecule has 0 aliphatic heterocycles.